The molecule has 1 fully saturated rings. The van der Waals surface area contributed by atoms with E-state index in [0.717, 1.165) is 29.5 Å². The third-order valence-electron chi connectivity index (χ3n) is 4.67. The second-order valence-electron chi connectivity index (χ2n) is 6.33. The summed E-state index contributed by atoms with van der Waals surface area (Å²) in [6, 6.07) is 14.4. The number of pyridine rings is 2. The Balaban J connectivity index is 1.81. The molecule has 5 nitrogen and oxygen atoms in total. The van der Waals surface area contributed by atoms with Gasteiger partial charge in [-0.15, -0.1) is 0 Å². The van der Waals surface area contributed by atoms with Crippen molar-refractivity contribution in [2.75, 3.05) is 6.54 Å². The van der Waals surface area contributed by atoms with Gasteiger partial charge in [-0.2, -0.15) is 0 Å². The van der Waals surface area contributed by atoms with Crippen molar-refractivity contribution in [1.82, 2.24) is 24.8 Å². The molecular formula is C20H21N5S. The Morgan fingerprint density at radius 1 is 1.12 bits per heavy atom. The molecule has 0 radical (unpaired) electrons. The number of hydrogen-bond acceptors (Lipinski definition) is 3. The maximum atomic E-state index is 5.66. The third-order valence-corrected chi connectivity index (χ3v) is 5.02. The van der Waals surface area contributed by atoms with Crippen molar-refractivity contribution in [2.45, 2.75) is 25.4 Å². The molecule has 0 spiro atoms. The van der Waals surface area contributed by atoms with Crippen LogP contribution in [-0.2, 0) is 0 Å². The minimum atomic E-state index is 0.0144. The second-order valence-corrected chi connectivity index (χ2v) is 6.72. The van der Waals surface area contributed by atoms with Gasteiger partial charge in [0.05, 0.1) is 29.7 Å². The first-order chi connectivity index (χ1) is 12.8. The van der Waals surface area contributed by atoms with Crippen molar-refractivity contribution in [3.8, 4) is 5.69 Å². The average molecular weight is 363 g/mol. The third kappa shape index (κ3) is 2.97. The quantitative estimate of drug-likeness (QED) is 0.701. The van der Waals surface area contributed by atoms with E-state index in [1.165, 1.54) is 5.69 Å². The molecular weight excluding hydrogens is 342 g/mol. The molecule has 0 aliphatic carbocycles. The summed E-state index contributed by atoms with van der Waals surface area (Å²) in [6.07, 6.45) is 8.61. The standard InChI is InChI=1S/C20H21N5S/c1-2-12-25-19(18(23-20(25)26)16-8-3-4-11-22-16)17-9-6-13-24(17)15-7-5-10-21-14-15/h3-11,13-14,18-19H,2,12H2,1H3,(H,23,26)/t18-,19+/m1/s1. The van der Waals surface area contributed by atoms with Gasteiger partial charge < -0.3 is 14.8 Å². The minimum Gasteiger partial charge on any atom is -0.352 e. The van der Waals surface area contributed by atoms with Crippen molar-refractivity contribution in [3.05, 3.63) is 78.6 Å². The Bertz CT molecular complexity index is 877. The number of thiocarbonyl (C=S) groups is 1. The Morgan fingerprint density at radius 2 is 2.04 bits per heavy atom. The van der Waals surface area contributed by atoms with Crippen LogP contribution in [0.15, 0.2) is 67.3 Å². The minimum absolute atomic E-state index is 0.0144. The Labute approximate surface area is 158 Å². The zero-order valence-corrected chi connectivity index (χ0v) is 15.4. The van der Waals surface area contributed by atoms with Crippen molar-refractivity contribution in [3.63, 3.8) is 0 Å². The van der Waals surface area contributed by atoms with E-state index in [1.54, 1.807) is 6.20 Å². The Morgan fingerprint density at radius 3 is 2.77 bits per heavy atom. The molecule has 0 amide bonds. The van der Waals surface area contributed by atoms with Crippen LogP contribution in [0.25, 0.3) is 5.69 Å². The molecule has 4 heterocycles. The maximum absolute atomic E-state index is 5.66. The normalized spacial score (nSPS) is 19.6. The molecule has 0 saturated carbocycles. The summed E-state index contributed by atoms with van der Waals surface area (Å²) >= 11 is 5.66. The fourth-order valence-electron chi connectivity index (χ4n) is 3.58. The zero-order chi connectivity index (χ0) is 17.9. The first kappa shape index (κ1) is 16.7. The number of rotatable bonds is 5. The first-order valence-electron chi connectivity index (χ1n) is 8.85. The van der Waals surface area contributed by atoms with Crippen LogP contribution in [-0.4, -0.2) is 31.1 Å². The summed E-state index contributed by atoms with van der Waals surface area (Å²) in [6.45, 7) is 3.08. The van der Waals surface area contributed by atoms with Gasteiger partial charge in [-0.3, -0.25) is 9.97 Å². The lowest BCUT2D eigenvalue weighted by Gasteiger charge is -2.28. The van der Waals surface area contributed by atoms with Gasteiger partial charge in [0.25, 0.3) is 0 Å². The molecule has 26 heavy (non-hydrogen) atoms. The largest absolute Gasteiger partial charge is 0.352 e. The van der Waals surface area contributed by atoms with Gasteiger partial charge in [-0.25, -0.2) is 0 Å². The topological polar surface area (TPSA) is 46.0 Å². The number of nitrogens with one attached hydrogen (secondary N) is 1. The summed E-state index contributed by atoms with van der Waals surface area (Å²) in [5.41, 5.74) is 3.22. The molecule has 2 atom stereocenters. The van der Waals surface area contributed by atoms with Gasteiger partial charge in [0.2, 0.25) is 0 Å². The average Bonchev–Trinajstić information content (AvgIpc) is 3.28. The molecule has 1 aliphatic heterocycles. The lowest BCUT2D eigenvalue weighted by atomic mass is 10.0. The lowest BCUT2D eigenvalue weighted by Crippen LogP contribution is -2.31. The van der Waals surface area contributed by atoms with E-state index < -0.39 is 0 Å². The van der Waals surface area contributed by atoms with Crippen LogP contribution >= 0.6 is 12.2 Å². The van der Waals surface area contributed by atoms with Crippen LogP contribution in [0.4, 0.5) is 0 Å². The van der Waals surface area contributed by atoms with Crippen LogP contribution < -0.4 is 5.32 Å². The first-order valence-corrected chi connectivity index (χ1v) is 9.26. The van der Waals surface area contributed by atoms with Gasteiger partial charge in [-0.1, -0.05) is 13.0 Å². The highest BCUT2D eigenvalue weighted by Gasteiger charge is 2.40. The fraction of sp³-hybridized carbons (Fsp3) is 0.250. The summed E-state index contributed by atoms with van der Waals surface area (Å²) in [5.74, 6) is 0. The fourth-order valence-corrected chi connectivity index (χ4v) is 3.91. The highest BCUT2D eigenvalue weighted by atomic mass is 32.1. The predicted molar refractivity (Wildman–Crippen MR) is 106 cm³/mol. The van der Waals surface area contributed by atoms with Gasteiger partial charge in [-0.05, 0) is 55.0 Å². The molecule has 1 aliphatic rings. The van der Waals surface area contributed by atoms with Crippen LogP contribution in [0.3, 0.4) is 0 Å². The Hall–Kier alpha value is -2.73. The van der Waals surface area contributed by atoms with E-state index in [2.05, 4.69) is 62.1 Å². The number of nitrogens with zero attached hydrogens (tertiary/aromatic N) is 4. The molecule has 1 saturated heterocycles. The molecule has 4 rings (SSSR count). The van der Waals surface area contributed by atoms with Crippen LogP contribution in [0.1, 0.15) is 36.8 Å². The predicted octanol–water partition coefficient (Wildman–Crippen LogP) is 3.65. The maximum Gasteiger partial charge on any atom is 0.170 e. The molecule has 0 unspecified atom stereocenters. The number of hydrogen-bond donors (Lipinski definition) is 1. The van der Waals surface area contributed by atoms with Crippen molar-refractivity contribution < 1.29 is 0 Å². The van der Waals surface area contributed by atoms with Crippen LogP contribution in [0, 0.1) is 0 Å². The van der Waals surface area contributed by atoms with E-state index in [-0.39, 0.29) is 12.1 Å². The van der Waals surface area contributed by atoms with E-state index in [4.69, 9.17) is 12.2 Å². The highest BCUT2D eigenvalue weighted by Crippen LogP contribution is 2.39. The molecule has 3 aromatic rings. The van der Waals surface area contributed by atoms with E-state index in [0.29, 0.717) is 0 Å². The SMILES string of the molecule is CCCN1C(=S)N[C@H](c2ccccn2)[C@@H]1c1cccn1-c1cccnc1. The van der Waals surface area contributed by atoms with E-state index >= 15 is 0 Å². The lowest BCUT2D eigenvalue weighted by molar-refractivity contribution is 0.309. The van der Waals surface area contributed by atoms with Crippen LogP contribution in [0.5, 0.6) is 0 Å². The highest BCUT2D eigenvalue weighted by molar-refractivity contribution is 7.80. The number of aromatic nitrogens is 3. The molecule has 1 N–H and O–H groups in total. The molecule has 0 bridgehead atoms. The van der Waals surface area contributed by atoms with Gasteiger partial charge in [0, 0.05) is 30.8 Å². The monoisotopic (exact) mass is 363 g/mol. The van der Waals surface area contributed by atoms with Crippen LogP contribution in [0.2, 0.25) is 0 Å². The molecule has 6 heteroatoms. The van der Waals surface area contributed by atoms with E-state index in [1.807, 2.05) is 30.6 Å². The van der Waals surface area contributed by atoms with Crippen molar-refractivity contribution in [1.29, 1.82) is 0 Å². The van der Waals surface area contributed by atoms with Crippen molar-refractivity contribution in [2.24, 2.45) is 0 Å². The summed E-state index contributed by atoms with van der Waals surface area (Å²) in [7, 11) is 0. The summed E-state index contributed by atoms with van der Waals surface area (Å²) in [4.78, 5) is 11.1. The van der Waals surface area contributed by atoms with Gasteiger partial charge >= 0.3 is 0 Å². The molecule has 132 valence electrons. The Kier molecular flexibility index (Phi) is 4.67. The molecule has 0 aromatic carbocycles. The van der Waals surface area contributed by atoms with Crippen molar-refractivity contribution >= 4 is 17.3 Å². The summed E-state index contributed by atoms with van der Waals surface area (Å²) in [5, 5.41) is 4.27. The van der Waals surface area contributed by atoms with Gasteiger partial charge in [0.15, 0.2) is 5.11 Å². The smallest absolute Gasteiger partial charge is 0.170 e. The zero-order valence-electron chi connectivity index (χ0n) is 14.6. The van der Waals surface area contributed by atoms with Gasteiger partial charge in [0.1, 0.15) is 0 Å². The molecule has 3 aromatic heterocycles. The second kappa shape index (κ2) is 7.25. The van der Waals surface area contributed by atoms with E-state index in [9.17, 15) is 0 Å². The summed E-state index contributed by atoms with van der Waals surface area (Å²) < 4.78 is 2.19.